The van der Waals surface area contributed by atoms with Crippen LogP contribution in [0.2, 0.25) is 5.02 Å². The van der Waals surface area contributed by atoms with E-state index in [0.717, 1.165) is 0 Å². The minimum absolute atomic E-state index is 0.252. The number of nitrogens with zero attached hydrogens (tertiary/aromatic N) is 3. The summed E-state index contributed by atoms with van der Waals surface area (Å²) in [5, 5.41) is 3.27. The van der Waals surface area contributed by atoms with Crippen LogP contribution in [0.1, 0.15) is 0 Å². The monoisotopic (exact) mass is 292 g/mol. The average molecular weight is 293 g/mol. The zero-order valence-electron chi connectivity index (χ0n) is 10.1. The van der Waals surface area contributed by atoms with E-state index in [0.29, 0.717) is 23.0 Å². The van der Waals surface area contributed by atoms with Crippen LogP contribution in [-0.4, -0.2) is 14.4 Å². The highest BCUT2D eigenvalue weighted by Crippen LogP contribution is 2.27. The lowest BCUT2D eigenvalue weighted by Crippen LogP contribution is -2.11. The van der Waals surface area contributed by atoms with Crippen LogP contribution in [0.5, 0.6) is 0 Å². The fraction of sp³-hybridized carbons (Fsp3) is 0. The van der Waals surface area contributed by atoms with Crippen molar-refractivity contribution in [2.75, 3.05) is 10.7 Å². The minimum atomic E-state index is -0.406. The summed E-state index contributed by atoms with van der Waals surface area (Å²) in [5.41, 5.74) is 3.59. The Kier molecular flexibility index (Phi) is 3.13. The Morgan fingerprint density at radius 3 is 2.95 bits per heavy atom. The SMILES string of the molecule is NNc1cn2ccnc2c(Nc2ccc(F)cc2Cl)n1. The normalized spacial score (nSPS) is 10.8. The summed E-state index contributed by atoms with van der Waals surface area (Å²) in [6.07, 6.45) is 5.09. The molecule has 20 heavy (non-hydrogen) atoms. The number of hydrogen-bond donors (Lipinski definition) is 3. The molecule has 0 aliphatic heterocycles. The topological polar surface area (TPSA) is 80.3 Å². The van der Waals surface area contributed by atoms with Crippen LogP contribution < -0.4 is 16.6 Å². The number of hydrazine groups is 1. The molecule has 2 aromatic heterocycles. The third-order valence-corrected chi connectivity index (χ3v) is 3.02. The first-order valence-electron chi connectivity index (χ1n) is 5.70. The molecule has 3 rings (SSSR count). The van der Waals surface area contributed by atoms with E-state index in [-0.39, 0.29) is 5.02 Å². The third-order valence-electron chi connectivity index (χ3n) is 2.71. The van der Waals surface area contributed by atoms with Crippen molar-refractivity contribution < 1.29 is 4.39 Å². The van der Waals surface area contributed by atoms with E-state index in [2.05, 4.69) is 20.7 Å². The Morgan fingerprint density at radius 1 is 1.35 bits per heavy atom. The molecular weight excluding hydrogens is 283 g/mol. The van der Waals surface area contributed by atoms with Crippen molar-refractivity contribution in [2.24, 2.45) is 5.84 Å². The second-order valence-corrected chi connectivity index (χ2v) is 4.43. The number of halogens is 2. The lowest BCUT2D eigenvalue weighted by Gasteiger charge is -2.10. The molecule has 6 nitrogen and oxygen atoms in total. The van der Waals surface area contributed by atoms with Gasteiger partial charge in [0.15, 0.2) is 17.3 Å². The minimum Gasteiger partial charge on any atom is -0.336 e. The van der Waals surface area contributed by atoms with Crippen LogP contribution >= 0.6 is 11.6 Å². The fourth-order valence-electron chi connectivity index (χ4n) is 1.80. The van der Waals surface area contributed by atoms with Gasteiger partial charge in [-0.15, -0.1) is 0 Å². The largest absolute Gasteiger partial charge is 0.336 e. The number of anilines is 3. The number of benzene rings is 1. The van der Waals surface area contributed by atoms with E-state index in [1.807, 2.05) is 0 Å². The van der Waals surface area contributed by atoms with Crippen molar-refractivity contribution in [2.45, 2.75) is 0 Å². The second kappa shape index (κ2) is 4.95. The highest BCUT2D eigenvalue weighted by atomic mass is 35.5. The van der Waals surface area contributed by atoms with E-state index < -0.39 is 5.82 Å². The molecule has 0 atom stereocenters. The number of nitrogen functional groups attached to an aromatic ring is 1. The zero-order valence-corrected chi connectivity index (χ0v) is 10.9. The Bertz CT molecular complexity index is 772. The molecule has 102 valence electrons. The van der Waals surface area contributed by atoms with Gasteiger partial charge in [-0.1, -0.05) is 11.6 Å². The first kappa shape index (κ1) is 12.6. The maximum Gasteiger partial charge on any atom is 0.180 e. The molecule has 0 aliphatic rings. The molecule has 0 radical (unpaired) electrons. The van der Waals surface area contributed by atoms with Gasteiger partial charge < -0.3 is 15.1 Å². The van der Waals surface area contributed by atoms with Gasteiger partial charge in [-0.3, -0.25) is 0 Å². The number of fused-ring (bicyclic) bond motifs is 1. The van der Waals surface area contributed by atoms with E-state index in [1.54, 1.807) is 23.0 Å². The number of nitrogens with two attached hydrogens (primary N) is 1. The summed E-state index contributed by atoms with van der Waals surface area (Å²) in [4.78, 5) is 8.46. The maximum absolute atomic E-state index is 13.0. The molecule has 2 heterocycles. The van der Waals surface area contributed by atoms with Gasteiger partial charge in [0.1, 0.15) is 5.82 Å². The molecule has 0 unspecified atom stereocenters. The van der Waals surface area contributed by atoms with Crippen molar-refractivity contribution in [3.05, 3.63) is 47.6 Å². The predicted octanol–water partition coefficient (Wildman–Crippen LogP) is 2.55. The molecule has 0 amide bonds. The number of aromatic nitrogens is 3. The van der Waals surface area contributed by atoms with Crippen LogP contribution in [-0.2, 0) is 0 Å². The van der Waals surface area contributed by atoms with Gasteiger partial charge in [-0.25, -0.2) is 20.2 Å². The Morgan fingerprint density at radius 2 is 2.20 bits per heavy atom. The van der Waals surface area contributed by atoms with E-state index in [9.17, 15) is 4.39 Å². The standard InChI is InChI=1S/C12H10ClFN6/c13-8-5-7(14)1-2-9(8)17-11-12-16-3-4-20(12)6-10(18-11)19-15/h1-6,19H,15H2,(H,17,18). The van der Waals surface area contributed by atoms with Gasteiger partial charge in [0.25, 0.3) is 0 Å². The Hall–Kier alpha value is -2.38. The van der Waals surface area contributed by atoms with E-state index in [4.69, 9.17) is 17.4 Å². The summed E-state index contributed by atoms with van der Waals surface area (Å²) >= 11 is 5.98. The number of rotatable bonds is 3. The van der Waals surface area contributed by atoms with Gasteiger partial charge in [0.05, 0.1) is 16.9 Å². The van der Waals surface area contributed by atoms with Crippen LogP contribution in [0.25, 0.3) is 5.65 Å². The number of nitrogens with one attached hydrogen (secondary N) is 2. The van der Waals surface area contributed by atoms with Crippen molar-refractivity contribution in [3.8, 4) is 0 Å². The molecule has 1 aromatic carbocycles. The third kappa shape index (κ3) is 2.24. The summed E-state index contributed by atoms with van der Waals surface area (Å²) < 4.78 is 14.8. The number of hydrogen-bond acceptors (Lipinski definition) is 5. The molecule has 0 fully saturated rings. The highest BCUT2D eigenvalue weighted by Gasteiger charge is 2.09. The summed E-state index contributed by atoms with van der Waals surface area (Å²) in [7, 11) is 0. The molecule has 0 saturated heterocycles. The molecule has 8 heteroatoms. The number of imidazole rings is 1. The summed E-state index contributed by atoms with van der Waals surface area (Å²) in [5.74, 6) is 5.88. The van der Waals surface area contributed by atoms with Gasteiger partial charge in [0.2, 0.25) is 0 Å². The van der Waals surface area contributed by atoms with E-state index in [1.165, 1.54) is 18.2 Å². The molecule has 0 aliphatic carbocycles. The molecular formula is C12H10ClFN6. The molecule has 0 saturated carbocycles. The first-order valence-corrected chi connectivity index (χ1v) is 6.07. The molecule has 0 bridgehead atoms. The van der Waals surface area contributed by atoms with Crippen LogP contribution in [0.4, 0.5) is 21.7 Å². The maximum atomic E-state index is 13.0. The van der Waals surface area contributed by atoms with Crippen molar-refractivity contribution in [1.82, 2.24) is 14.4 Å². The van der Waals surface area contributed by atoms with E-state index >= 15 is 0 Å². The van der Waals surface area contributed by atoms with Crippen molar-refractivity contribution in [1.29, 1.82) is 0 Å². The van der Waals surface area contributed by atoms with Crippen LogP contribution in [0.15, 0.2) is 36.8 Å². The van der Waals surface area contributed by atoms with Crippen molar-refractivity contribution >= 4 is 34.6 Å². The zero-order chi connectivity index (χ0) is 14.1. The highest BCUT2D eigenvalue weighted by molar-refractivity contribution is 6.33. The van der Waals surface area contributed by atoms with Gasteiger partial charge in [-0.05, 0) is 18.2 Å². The average Bonchev–Trinajstić information content (AvgIpc) is 2.90. The van der Waals surface area contributed by atoms with Gasteiger partial charge >= 0.3 is 0 Å². The second-order valence-electron chi connectivity index (χ2n) is 4.03. The van der Waals surface area contributed by atoms with Gasteiger partial charge in [0, 0.05) is 12.4 Å². The predicted molar refractivity (Wildman–Crippen MR) is 75.5 cm³/mol. The summed E-state index contributed by atoms with van der Waals surface area (Å²) in [6.45, 7) is 0. The Balaban J connectivity index is 2.07. The first-order chi connectivity index (χ1) is 9.67. The molecule has 4 N–H and O–H groups in total. The molecule has 3 aromatic rings. The quantitative estimate of drug-likeness (QED) is 0.511. The van der Waals surface area contributed by atoms with Gasteiger partial charge in [-0.2, -0.15) is 0 Å². The summed E-state index contributed by atoms with van der Waals surface area (Å²) in [6, 6.07) is 4.06. The lowest BCUT2D eigenvalue weighted by molar-refractivity contribution is 0.628. The van der Waals surface area contributed by atoms with Crippen LogP contribution in [0, 0.1) is 5.82 Å². The van der Waals surface area contributed by atoms with Crippen molar-refractivity contribution in [3.63, 3.8) is 0 Å². The molecule has 0 spiro atoms. The van der Waals surface area contributed by atoms with Crippen LogP contribution in [0.3, 0.4) is 0 Å². The lowest BCUT2D eigenvalue weighted by atomic mass is 10.3. The Labute approximate surface area is 118 Å². The smallest absolute Gasteiger partial charge is 0.180 e. The fourth-order valence-corrected chi connectivity index (χ4v) is 2.02.